The first-order valence-electron chi connectivity index (χ1n) is 8.24. The Morgan fingerprint density at radius 3 is 2.37 bits per heavy atom. The maximum atomic E-state index is 13.5. The van der Waals surface area contributed by atoms with E-state index in [0.29, 0.717) is 5.69 Å². The molecule has 0 aliphatic carbocycles. The Morgan fingerprint density at radius 1 is 0.889 bits per heavy atom. The van der Waals surface area contributed by atoms with Crippen LogP contribution in [0.1, 0.15) is 10.5 Å². The molecule has 1 heterocycles. The molecule has 3 rings (SSSR count). The first kappa shape index (κ1) is 18.1. The normalized spacial score (nSPS) is 10.4. The van der Waals surface area contributed by atoms with E-state index in [1.807, 2.05) is 24.3 Å². The van der Waals surface area contributed by atoms with Crippen LogP contribution in [-0.4, -0.2) is 35.8 Å². The van der Waals surface area contributed by atoms with Gasteiger partial charge in [0.25, 0.3) is 5.91 Å². The maximum absolute atomic E-state index is 13.5. The zero-order valence-electron chi connectivity index (χ0n) is 14.2. The molecule has 3 aromatic rings. The zero-order valence-corrected chi connectivity index (χ0v) is 14.2. The second-order valence-corrected chi connectivity index (χ2v) is 5.72. The third-order valence-corrected chi connectivity index (χ3v) is 3.80. The maximum Gasteiger partial charge on any atom is 0.313 e. The molecule has 0 bridgehead atoms. The third-order valence-electron chi connectivity index (χ3n) is 3.80. The Hall–Kier alpha value is -3.68. The van der Waals surface area contributed by atoms with Gasteiger partial charge in [0.2, 0.25) is 0 Å². The van der Waals surface area contributed by atoms with Crippen LogP contribution in [0.3, 0.4) is 0 Å². The minimum atomic E-state index is -0.984. The number of carbonyl (C=O) groups excluding carboxylic acids is 3. The first-order chi connectivity index (χ1) is 13.0. The predicted molar refractivity (Wildman–Crippen MR) is 98.7 cm³/mol. The first-order valence-corrected chi connectivity index (χ1v) is 8.24. The van der Waals surface area contributed by atoms with Crippen molar-refractivity contribution in [3.63, 3.8) is 0 Å². The highest BCUT2D eigenvalue weighted by Gasteiger charge is 2.15. The highest BCUT2D eigenvalue weighted by molar-refractivity contribution is 6.39. The highest BCUT2D eigenvalue weighted by atomic mass is 19.1. The minimum Gasteiger partial charge on any atom is -0.351 e. The van der Waals surface area contributed by atoms with Crippen molar-refractivity contribution in [1.29, 1.82) is 0 Å². The van der Waals surface area contributed by atoms with Crippen molar-refractivity contribution in [3.05, 3.63) is 66.1 Å². The van der Waals surface area contributed by atoms with Gasteiger partial charge in [-0.1, -0.05) is 30.3 Å². The summed E-state index contributed by atoms with van der Waals surface area (Å²) in [6, 6.07) is 14.7. The van der Waals surface area contributed by atoms with Crippen molar-refractivity contribution in [3.8, 4) is 0 Å². The van der Waals surface area contributed by atoms with Gasteiger partial charge >= 0.3 is 11.8 Å². The fourth-order valence-electron chi connectivity index (χ4n) is 2.46. The quantitative estimate of drug-likeness (QED) is 0.408. The van der Waals surface area contributed by atoms with Gasteiger partial charge in [-0.25, -0.2) is 4.39 Å². The number of rotatable bonds is 5. The Bertz CT molecular complexity index is 966. The molecule has 3 amide bonds. The number of H-pyrrole nitrogens is 1. The number of halogens is 1. The largest absolute Gasteiger partial charge is 0.351 e. The number of amides is 3. The standard InChI is InChI=1S/C19H17FN4O3/c20-13-6-2-4-8-15(13)24-19(27)18(26)22-10-9-21-17(25)16-11-12-5-1-3-7-14(12)23-16/h1-8,11,23H,9-10H2,(H,21,25)(H,22,26)(H,24,27). The monoisotopic (exact) mass is 368 g/mol. The Morgan fingerprint density at radius 2 is 1.59 bits per heavy atom. The van der Waals surface area contributed by atoms with E-state index < -0.39 is 17.6 Å². The summed E-state index contributed by atoms with van der Waals surface area (Å²) >= 11 is 0. The summed E-state index contributed by atoms with van der Waals surface area (Å²) in [6.07, 6.45) is 0. The van der Waals surface area contributed by atoms with Crippen molar-refractivity contribution in [2.24, 2.45) is 0 Å². The van der Waals surface area contributed by atoms with Crippen molar-refractivity contribution in [1.82, 2.24) is 15.6 Å². The van der Waals surface area contributed by atoms with Crippen molar-refractivity contribution < 1.29 is 18.8 Å². The third kappa shape index (κ3) is 4.49. The highest BCUT2D eigenvalue weighted by Crippen LogP contribution is 2.14. The van der Waals surface area contributed by atoms with Gasteiger partial charge < -0.3 is 20.9 Å². The van der Waals surface area contributed by atoms with Gasteiger partial charge in [-0.2, -0.15) is 0 Å². The van der Waals surface area contributed by atoms with E-state index in [4.69, 9.17) is 0 Å². The summed E-state index contributed by atoms with van der Waals surface area (Å²) in [5.74, 6) is -2.86. The van der Waals surface area contributed by atoms with Gasteiger partial charge in [0.05, 0.1) is 5.69 Å². The molecule has 0 fully saturated rings. The van der Waals surface area contributed by atoms with Gasteiger partial charge in [0.15, 0.2) is 0 Å². The van der Waals surface area contributed by atoms with Crippen LogP contribution >= 0.6 is 0 Å². The Kier molecular flexibility index (Phi) is 5.46. The zero-order chi connectivity index (χ0) is 19.2. The van der Waals surface area contributed by atoms with E-state index in [2.05, 4.69) is 20.9 Å². The topological polar surface area (TPSA) is 103 Å². The summed E-state index contributed by atoms with van der Waals surface area (Å²) < 4.78 is 13.5. The Labute approximate surface area is 154 Å². The van der Waals surface area contributed by atoms with Crippen LogP contribution in [0.25, 0.3) is 10.9 Å². The predicted octanol–water partition coefficient (Wildman–Crippen LogP) is 1.79. The lowest BCUT2D eigenvalue weighted by Gasteiger charge is -2.08. The van der Waals surface area contributed by atoms with E-state index in [0.717, 1.165) is 10.9 Å². The number of anilines is 1. The van der Waals surface area contributed by atoms with Gasteiger partial charge in [-0.3, -0.25) is 14.4 Å². The van der Waals surface area contributed by atoms with Gasteiger partial charge in [0, 0.05) is 24.0 Å². The van der Waals surface area contributed by atoms with Gasteiger partial charge in [0.1, 0.15) is 11.5 Å². The summed E-state index contributed by atoms with van der Waals surface area (Å²) in [4.78, 5) is 38.6. The second kappa shape index (κ2) is 8.13. The van der Waals surface area contributed by atoms with Crippen LogP contribution in [0.5, 0.6) is 0 Å². The number of carbonyl (C=O) groups is 3. The van der Waals surface area contributed by atoms with E-state index >= 15 is 0 Å². The fourth-order valence-corrected chi connectivity index (χ4v) is 2.46. The molecule has 27 heavy (non-hydrogen) atoms. The van der Waals surface area contributed by atoms with Crippen molar-refractivity contribution >= 4 is 34.3 Å². The van der Waals surface area contributed by atoms with E-state index in [-0.39, 0.29) is 24.7 Å². The van der Waals surface area contributed by atoms with Crippen molar-refractivity contribution in [2.75, 3.05) is 18.4 Å². The van der Waals surface area contributed by atoms with Crippen molar-refractivity contribution in [2.45, 2.75) is 0 Å². The number of benzene rings is 2. The molecule has 0 atom stereocenters. The molecular weight excluding hydrogens is 351 g/mol. The summed E-state index contributed by atoms with van der Waals surface area (Å²) in [5.41, 5.74) is 1.17. The SMILES string of the molecule is O=C(NCCNC(=O)c1cc2ccccc2[nH]1)C(=O)Nc1ccccc1F. The Balaban J connectivity index is 1.44. The van der Waals surface area contributed by atoms with Crippen LogP contribution < -0.4 is 16.0 Å². The van der Waals surface area contributed by atoms with Crippen LogP contribution in [0.15, 0.2) is 54.6 Å². The molecule has 0 aliphatic rings. The molecule has 4 N–H and O–H groups in total. The lowest BCUT2D eigenvalue weighted by atomic mass is 10.2. The number of aromatic amines is 1. The molecule has 0 spiro atoms. The molecular formula is C19H17FN4O3. The molecule has 0 saturated carbocycles. The number of fused-ring (bicyclic) bond motifs is 1. The van der Waals surface area contributed by atoms with Crippen LogP contribution in [0, 0.1) is 5.82 Å². The van der Waals surface area contributed by atoms with E-state index in [1.54, 1.807) is 6.07 Å². The second-order valence-electron chi connectivity index (χ2n) is 5.72. The minimum absolute atomic E-state index is 0.0511. The molecule has 1 aromatic heterocycles. The summed E-state index contributed by atoms with van der Waals surface area (Å²) in [6.45, 7) is 0.183. The molecule has 7 nitrogen and oxygen atoms in total. The molecule has 0 unspecified atom stereocenters. The molecule has 2 aromatic carbocycles. The lowest BCUT2D eigenvalue weighted by molar-refractivity contribution is -0.136. The average Bonchev–Trinajstić information content (AvgIpc) is 3.11. The van der Waals surface area contributed by atoms with Crippen LogP contribution in [-0.2, 0) is 9.59 Å². The van der Waals surface area contributed by atoms with Crippen LogP contribution in [0.2, 0.25) is 0 Å². The number of para-hydroxylation sites is 2. The van der Waals surface area contributed by atoms with E-state index in [1.165, 1.54) is 24.3 Å². The summed E-state index contributed by atoms with van der Waals surface area (Å²) in [5, 5.41) is 8.09. The lowest BCUT2D eigenvalue weighted by Crippen LogP contribution is -2.40. The number of hydrogen-bond acceptors (Lipinski definition) is 3. The fraction of sp³-hybridized carbons (Fsp3) is 0.105. The van der Waals surface area contributed by atoms with E-state index in [9.17, 15) is 18.8 Å². The average molecular weight is 368 g/mol. The van der Waals surface area contributed by atoms with Gasteiger partial charge in [-0.15, -0.1) is 0 Å². The summed E-state index contributed by atoms with van der Waals surface area (Å²) in [7, 11) is 0. The molecule has 0 aliphatic heterocycles. The molecule has 0 radical (unpaired) electrons. The molecule has 0 saturated heterocycles. The molecule has 138 valence electrons. The van der Waals surface area contributed by atoms with Crippen LogP contribution in [0.4, 0.5) is 10.1 Å². The number of nitrogens with one attached hydrogen (secondary N) is 4. The number of hydrogen-bond donors (Lipinski definition) is 4. The number of aromatic nitrogens is 1. The molecule has 8 heteroatoms. The van der Waals surface area contributed by atoms with Gasteiger partial charge in [-0.05, 0) is 24.3 Å². The smallest absolute Gasteiger partial charge is 0.313 e.